The highest BCUT2D eigenvalue weighted by atomic mass is 79.9. The maximum absolute atomic E-state index is 12.0. The lowest BCUT2D eigenvalue weighted by atomic mass is 10.2. The van der Waals surface area contributed by atoms with Crippen LogP contribution in [-0.4, -0.2) is 65.7 Å². The molecule has 0 spiro atoms. The van der Waals surface area contributed by atoms with Crippen molar-refractivity contribution in [2.75, 3.05) is 18.8 Å². The molecule has 0 aliphatic carbocycles. The van der Waals surface area contributed by atoms with Crippen LogP contribution in [0.15, 0.2) is 36.9 Å². The molecule has 0 fully saturated rings. The first-order valence-electron chi connectivity index (χ1n) is 7.38. The number of aromatic nitrogens is 1. The number of amidine groups is 1. The van der Waals surface area contributed by atoms with Crippen molar-refractivity contribution < 1.29 is 22.9 Å². The summed E-state index contributed by atoms with van der Waals surface area (Å²) in [5.41, 5.74) is 6.11. The van der Waals surface area contributed by atoms with Gasteiger partial charge in [-0.1, -0.05) is 0 Å². The van der Waals surface area contributed by atoms with Crippen LogP contribution in [0.25, 0.3) is 0 Å². The molecule has 0 saturated carbocycles. The predicted octanol–water partition coefficient (Wildman–Crippen LogP) is -0.281. The number of nitrogens with two attached hydrogens (primary N) is 1. The summed E-state index contributed by atoms with van der Waals surface area (Å²) in [6.45, 7) is -0.330. The van der Waals surface area contributed by atoms with E-state index in [0.717, 1.165) is 0 Å². The maximum Gasteiger partial charge on any atom is 0.267 e. The average Bonchev–Trinajstić information content (AvgIpc) is 3.06. The molecular weight excluding hydrogens is 512 g/mol. The van der Waals surface area contributed by atoms with E-state index in [-0.39, 0.29) is 30.6 Å². The van der Waals surface area contributed by atoms with Crippen molar-refractivity contribution in [1.82, 2.24) is 15.6 Å². The molecule has 0 radical (unpaired) electrons. The number of carbonyl (C=O) groups is 1. The van der Waals surface area contributed by atoms with Crippen LogP contribution in [-0.2, 0) is 10.1 Å². The van der Waals surface area contributed by atoms with E-state index in [1.54, 1.807) is 6.07 Å². The quantitative estimate of drug-likeness (QED) is 0.263. The van der Waals surface area contributed by atoms with E-state index < -0.39 is 27.9 Å². The Balaban J connectivity index is 1.97. The number of halogens is 2. The van der Waals surface area contributed by atoms with Gasteiger partial charge >= 0.3 is 0 Å². The number of aliphatic hydroxyl groups is 1. The Bertz CT molecular complexity index is 904. The van der Waals surface area contributed by atoms with Crippen LogP contribution >= 0.6 is 31.9 Å². The highest BCUT2D eigenvalue weighted by Crippen LogP contribution is 2.22. The molecule has 1 aliphatic heterocycles. The van der Waals surface area contributed by atoms with Gasteiger partial charge in [0.1, 0.15) is 5.69 Å². The van der Waals surface area contributed by atoms with E-state index in [1.807, 2.05) is 0 Å². The van der Waals surface area contributed by atoms with Gasteiger partial charge in [0.2, 0.25) is 0 Å². The van der Waals surface area contributed by atoms with Gasteiger partial charge < -0.3 is 26.5 Å². The minimum Gasteiger partial charge on any atom is -0.387 e. The zero-order valence-corrected chi connectivity index (χ0v) is 17.6. The molecule has 1 atom stereocenters. The third kappa shape index (κ3) is 6.73. The van der Waals surface area contributed by atoms with E-state index in [2.05, 4.69) is 57.5 Å². The lowest BCUT2D eigenvalue weighted by Gasteiger charge is -2.09. The summed E-state index contributed by atoms with van der Waals surface area (Å²) in [7, 11) is -4.15. The molecule has 0 aromatic carbocycles. The van der Waals surface area contributed by atoms with Crippen LogP contribution in [0.2, 0.25) is 0 Å². The van der Waals surface area contributed by atoms with Crippen LogP contribution in [0.1, 0.15) is 10.5 Å². The Kier molecular flexibility index (Phi) is 7.16. The van der Waals surface area contributed by atoms with E-state index in [4.69, 9.17) is 10.3 Å². The number of aliphatic imine (C=N–C) groups is 2. The van der Waals surface area contributed by atoms with Gasteiger partial charge in [-0.2, -0.15) is 13.4 Å². The van der Waals surface area contributed by atoms with Gasteiger partial charge in [0, 0.05) is 6.54 Å². The number of guanidine groups is 1. The summed E-state index contributed by atoms with van der Waals surface area (Å²) in [6, 6.07) is 1.58. The average molecular weight is 528 g/mol. The second kappa shape index (κ2) is 8.97. The van der Waals surface area contributed by atoms with Crippen LogP contribution in [0.5, 0.6) is 0 Å². The highest BCUT2D eigenvalue weighted by Gasteiger charge is 2.18. The molecule has 148 valence electrons. The third-order valence-electron chi connectivity index (χ3n) is 3.14. The van der Waals surface area contributed by atoms with Gasteiger partial charge in [-0.3, -0.25) is 14.3 Å². The fourth-order valence-corrected chi connectivity index (χ4v) is 2.95. The van der Waals surface area contributed by atoms with Crippen LogP contribution in [0.3, 0.4) is 0 Å². The molecular formula is C13H16Br2N6O5S. The molecule has 27 heavy (non-hydrogen) atoms. The summed E-state index contributed by atoms with van der Waals surface area (Å²) in [6.07, 6.45) is 0.238. The predicted molar refractivity (Wildman–Crippen MR) is 106 cm³/mol. The van der Waals surface area contributed by atoms with E-state index >= 15 is 0 Å². The normalized spacial score (nSPS) is 18.4. The Morgan fingerprint density at radius 2 is 2.19 bits per heavy atom. The number of H-pyrrole nitrogens is 1. The molecule has 1 unspecified atom stereocenters. The molecule has 11 nitrogen and oxygen atoms in total. The van der Waals surface area contributed by atoms with Gasteiger partial charge in [-0.15, -0.1) is 0 Å². The second-order valence-electron chi connectivity index (χ2n) is 5.32. The smallest absolute Gasteiger partial charge is 0.267 e. The zero-order valence-electron chi connectivity index (χ0n) is 13.6. The highest BCUT2D eigenvalue weighted by molar-refractivity contribution is 9.13. The Morgan fingerprint density at radius 3 is 2.78 bits per heavy atom. The lowest BCUT2D eigenvalue weighted by molar-refractivity contribution is 0.0928. The largest absolute Gasteiger partial charge is 0.387 e. The number of amides is 1. The molecule has 0 saturated heterocycles. The third-order valence-corrected chi connectivity index (χ3v) is 5.62. The second-order valence-corrected chi connectivity index (χ2v) is 8.54. The van der Waals surface area contributed by atoms with Crippen molar-refractivity contribution in [1.29, 1.82) is 0 Å². The Hall–Kier alpha value is -1.74. The molecule has 0 bridgehead atoms. The van der Waals surface area contributed by atoms with Crippen molar-refractivity contribution in [2.24, 2.45) is 15.7 Å². The monoisotopic (exact) mass is 526 g/mol. The standard InChI is InChI=1S/C13H16Br2N6O5S/c14-7-4-9(19-10(7)15)12(23)18-5-6(22)3-8-11(21-13(16)20-8)17-1-2-27(24,25)26/h3-4,6,19,22H,1-2,5H2,(H,18,23)(H,24,25,26)(H3,16,17,20,21)/b8-3-. The van der Waals surface area contributed by atoms with Gasteiger partial charge in [-0.05, 0) is 44.0 Å². The fraction of sp³-hybridized carbons (Fsp3) is 0.308. The van der Waals surface area contributed by atoms with Crippen LogP contribution in [0, 0.1) is 0 Å². The minimum absolute atomic E-state index is 0.0178. The molecule has 1 aromatic heterocycles. The Morgan fingerprint density at radius 1 is 1.48 bits per heavy atom. The SMILES string of the molecule is NC1=NC(=NCCS(=O)(=O)O)/C(=C/C(O)CNC(=O)c2cc(Br)c(Br)[nH]2)N1. The number of nitrogens with zero attached hydrogens (tertiary/aromatic N) is 2. The number of nitrogens with one attached hydrogen (secondary N) is 3. The number of carbonyl (C=O) groups excluding carboxylic acids is 1. The molecule has 2 rings (SSSR count). The molecule has 2 heterocycles. The maximum atomic E-state index is 12.0. The van der Waals surface area contributed by atoms with Crippen molar-refractivity contribution in [3.8, 4) is 0 Å². The summed E-state index contributed by atoms with van der Waals surface area (Å²) < 4.78 is 31.5. The van der Waals surface area contributed by atoms with Gasteiger partial charge in [-0.25, -0.2) is 0 Å². The van der Waals surface area contributed by atoms with Gasteiger partial charge in [0.15, 0.2) is 11.8 Å². The fourth-order valence-electron chi connectivity index (χ4n) is 1.97. The first kappa shape index (κ1) is 21.6. The number of aromatic amines is 1. The zero-order chi connectivity index (χ0) is 20.2. The number of hydrogen-bond acceptors (Lipinski definition) is 7. The summed E-state index contributed by atoms with van der Waals surface area (Å²) in [4.78, 5) is 22.6. The van der Waals surface area contributed by atoms with E-state index in [0.29, 0.717) is 14.8 Å². The number of rotatable bonds is 7. The van der Waals surface area contributed by atoms with Crippen molar-refractivity contribution in [3.63, 3.8) is 0 Å². The first-order valence-corrected chi connectivity index (χ1v) is 10.6. The van der Waals surface area contributed by atoms with Crippen LogP contribution in [0.4, 0.5) is 0 Å². The molecule has 1 aromatic rings. The van der Waals surface area contributed by atoms with Crippen molar-refractivity contribution in [3.05, 3.63) is 32.6 Å². The summed E-state index contributed by atoms with van der Waals surface area (Å²) >= 11 is 6.48. The van der Waals surface area contributed by atoms with Gasteiger partial charge in [0.25, 0.3) is 16.0 Å². The van der Waals surface area contributed by atoms with E-state index in [1.165, 1.54) is 6.08 Å². The lowest BCUT2D eigenvalue weighted by Crippen LogP contribution is -2.33. The topological polar surface area (TPSA) is 182 Å². The van der Waals surface area contributed by atoms with Crippen molar-refractivity contribution in [2.45, 2.75) is 6.10 Å². The molecule has 1 aliphatic rings. The molecule has 14 heteroatoms. The van der Waals surface area contributed by atoms with Crippen LogP contribution < -0.4 is 16.4 Å². The minimum atomic E-state index is -4.15. The Labute approximate surface area is 171 Å². The summed E-state index contributed by atoms with van der Waals surface area (Å²) in [5, 5.41) is 15.3. The van der Waals surface area contributed by atoms with E-state index in [9.17, 15) is 18.3 Å². The van der Waals surface area contributed by atoms with Gasteiger partial charge in [0.05, 0.1) is 33.2 Å². The summed E-state index contributed by atoms with van der Waals surface area (Å²) in [5.74, 6) is -0.891. The molecule has 1 amide bonds. The number of hydrogen-bond donors (Lipinski definition) is 6. The number of aliphatic hydroxyl groups excluding tert-OH is 1. The molecule has 7 N–H and O–H groups in total. The van der Waals surface area contributed by atoms with Crippen molar-refractivity contribution >= 4 is 59.7 Å². The first-order chi connectivity index (χ1) is 12.5.